The van der Waals surface area contributed by atoms with Crippen molar-refractivity contribution < 1.29 is 9.59 Å². The highest BCUT2D eigenvalue weighted by atomic mass is 16.2. The largest absolute Gasteiger partial charge is 0.364 e. The molecule has 0 aliphatic carbocycles. The number of aromatic nitrogens is 2. The lowest BCUT2D eigenvalue weighted by Crippen LogP contribution is -2.29. The Hall–Kier alpha value is -1.98. The van der Waals surface area contributed by atoms with E-state index in [-0.39, 0.29) is 11.6 Å². The molecule has 0 radical (unpaired) electrons. The van der Waals surface area contributed by atoms with E-state index in [1.54, 1.807) is 13.0 Å². The van der Waals surface area contributed by atoms with Crippen molar-refractivity contribution >= 4 is 11.8 Å². The Kier molecular flexibility index (Phi) is 4.65. The Bertz CT molecular complexity index is 504. The Morgan fingerprint density at radius 1 is 1.35 bits per heavy atom. The summed E-state index contributed by atoms with van der Waals surface area (Å²) in [5.74, 6) is 0.0935. The van der Waals surface area contributed by atoms with Crippen molar-refractivity contribution in [2.45, 2.75) is 32.6 Å². The first-order valence-corrected chi connectivity index (χ1v) is 6.92. The fraction of sp³-hybridized carbons (Fsp3) is 0.571. The monoisotopic (exact) mass is 276 g/mol. The number of nitrogens with two attached hydrogens (primary N) is 1. The Labute approximate surface area is 118 Å². The van der Waals surface area contributed by atoms with Crippen molar-refractivity contribution in [3.05, 3.63) is 23.8 Å². The lowest BCUT2D eigenvalue weighted by Gasteiger charge is -2.18. The lowest BCUT2D eigenvalue weighted by molar-refractivity contribution is -0.128. The molecule has 0 saturated carbocycles. The minimum absolute atomic E-state index is 0.142. The van der Waals surface area contributed by atoms with Crippen LogP contribution in [-0.4, -0.2) is 39.8 Å². The van der Waals surface area contributed by atoms with Gasteiger partial charge in [0.15, 0.2) is 0 Å². The van der Waals surface area contributed by atoms with Crippen LogP contribution in [0.15, 0.2) is 12.4 Å². The Morgan fingerprint density at radius 2 is 2.15 bits per heavy atom. The highest BCUT2D eigenvalue weighted by Crippen LogP contribution is 2.21. The van der Waals surface area contributed by atoms with Crippen molar-refractivity contribution in [3.63, 3.8) is 0 Å². The summed E-state index contributed by atoms with van der Waals surface area (Å²) in [7, 11) is 0. The number of hydrogen-bond donors (Lipinski definition) is 1. The van der Waals surface area contributed by atoms with Crippen LogP contribution in [-0.2, 0) is 11.2 Å². The second-order valence-electron chi connectivity index (χ2n) is 5.27. The minimum atomic E-state index is -0.530. The maximum absolute atomic E-state index is 11.4. The van der Waals surface area contributed by atoms with Gasteiger partial charge in [-0.15, -0.1) is 0 Å². The van der Waals surface area contributed by atoms with Gasteiger partial charge in [-0.1, -0.05) is 0 Å². The first-order valence-electron chi connectivity index (χ1n) is 6.92. The van der Waals surface area contributed by atoms with Crippen molar-refractivity contribution in [1.29, 1.82) is 0 Å². The standard InChI is InChI=1S/C14H20N4O2/c1-10(19)18-5-2-3-11(4-6-18)7-12-8-13(14(15)20)17-9-16-12/h8-9,11H,2-7H2,1H3,(H2,15,20). The van der Waals surface area contributed by atoms with E-state index < -0.39 is 5.91 Å². The van der Waals surface area contributed by atoms with Crippen LogP contribution in [0.5, 0.6) is 0 Å². The molecule has 1 aromatic rings. The van der Waals surface area contributed by atoms with E-state index in [9.17, 15) is 9.59 Å². The molecule has 6 heteroatoms. The summed E-state index contributed by atoms with van der Waals surface area (Å²) >= 11 is 0. The molecule has 2 rings (SSSR count). The van der Waals surface area contributed by atoms with Crippen LogP contribution in [0.25, 0.3) is 0 Å². The molecule has 2 amide bonds. The van der Waals surface area contributed by atoms with E-state index in [1.807, 2.05) is 4.90 Å². The molecular weight excluding hydrogens is 256 g/mol. The molecule has 1 atom stereocenters. The van der Waals surface area contributed by atoms with Crippen LogP contribution in [0.2, 0.25) is 0 Å². The summed E-state index contributed by atoms with van der Waals surface area (Å²) in [4.78, 5) is 32.4. The van der Waals surface area contributed by atoms with Gasteiger partial charge in [-0.2, -0.15) is 0 Å². The van der Waals surface area contributed by atoms with Crippen LogP contribution < -0.4 is 5.73 Å². The number of carbonyl (C=O) groups excluding carboxylic acids is 2. The van der Waals surface area contributed by atoms with E-state index in [0.29, 0.717) is 5.92 Å². The van der Waals surface area contributed by atoms with Gasteiger partial charge in [0.05, 0.1) is 0 Å². The zero-order valence-electron chi connectivity index (χ0n) is 11.7. The third kappa shape index (κ3) is 3.76. The Balaban J connectivity index is 1.98. The molecule has 1 fully saturated rings. The average Bonchev–Trinajstić information content (AvgIpc) is 2.65. The summed E-state index contributed by atoms with van der Waals surface area (Å²) in [6.45, 7) is 3.25. The van der Waals surface area contributed by atoms with Crippen LogP contribution in [0.3, 0.4) is 0 Å². The molecule has 1 aromatic heterocycles. The summed E-state index contributed by atoms with van der Waals surface area (Å²) in [5, 5.41) is 0. The van der Waals surface area contributed by atoms with Gasteiger partial charge in [-0.05, 0) is 37.7 Å². The molecular formula is C14H20N4O2. The average molecular weight is 276 g/mol. The maximum atomic E-state index is 11.4. The van der Waals surface area contributed by atoms with E-state index in [2.05, 4.69) is 9.97 Å². The van der Waals surface area contributed by atoms with E-state index in [4.69, 9.17) is 5.73 Å². The van der Waals surface area contributed by atoms with Crippen molar-refractivity contribution in [2.75, 3.05) is 13.1 Å². The molecule has 0 bridgehead atoms. The number of nitrogens with zero attached hydrogens (tertiary/aromatic N) is 3. The number of likely N-dealkylation sites (tertiary alicyclic amines) is 1. The summed E-state index contributed by atoms with van der Waals surface area (Å²) in [6.07, 6.45) is 5.23. The number of amides is 2. The molecule has 1 aliphatic rings. The lowest BCUT2D eigenvalue weighted by atomic mass is 9.95. The van der Waals surface area contributed by atoms with Gasteiger partial charge in [-0.25, -0.2) is 9.97 Å². The second kappa shape index (κ2) is 6.45. The predicted molar refractivity (Wildman–Crippen MR) is 73.8 cm³/mol. The molecule has 2 N–H and O–H groups in total. The molecule has 6 nitrogen and oxygen atoms in total. The van der Waals surface area contributed by atoms with Crippen molar-refractivity contribution in [1.82, 2.24) is 14.9 Å². The van der Waals surface area contributed by atoms with Gasteiger partial charge in [0.2, 0.25) is 5.91 Å². The molecule has 1 saturated heterocycles. The summed E-state index contributed by atoms with van der Waals surface area (Å²) in [5.41, 5.74) is 6.32. The third-order valence-corrected chi connectivity index (χ3v) is 3.77. The van der Waals surface area contributed by atoms with Crippen LogP contribution in [0.1, 0.15) is 42.4 Å². The first-order chi connectivity index (χ1) is 9.56. The number of hydrogen-bond acceptors (Lipinski definition) is 4. The zero-order valence-corrected chi connectivity index (χ0v) is 11.7. The highest BCUT2D eigenvalue weighted by molar-refractivity contribution is 5.90. The third-order valence-electron chi connectivity index (χ3n) is 3.77. The highest BCUT2D eigenvalue weighted by Gasteiger charge is 2.19. The summed E-state index contributed by atoms with van der Waals surface area (Å²) < 4.78 is 0. The van der Waals surface area contributed by atoms with Crippen LogP contribution in [0.4, 0.5) is 0 Å². The fourth-order valence-corrected chi connectivity index (χ4v) is 2.62. The van der Waals surface area contributed by atoms with Gasteiger partial charge in [0, 0.05) is 25.7 Å². The van der Waals surface area contributed by atoms with Crippen LogP contribution in [0, 0.1) is 5.92 Å². The predicted octanol–water partition coefficient (Wildman–Crippen LogP) is 0.767. The molecule has 1 aliphatic heterocycles. The molecule has 0 aromatic carbocycles. The minimum Gasteiger partial charge on any atom is -0.364 e. The van der Waals surface area contributed by atoms with Crippen molar-refractivity contribution in [3.8, 4) is 0 Å². The number of carbonyl (C=O) groups is 2. The van der Waals surface area contributed by atoms with Gasteiger partial charge < -0.3 is 10.6 Å². The second-order valence-corrected chi connectivity index (χ2v) is 5.27. The molecule has 0 spiro atoms. The SMILES string of the molecule is CC(=O)N1CCCC(Cc2cc(C(N)=O)ncn2)CC1. The van der Waals surface area contributed by atoms with Gasteiger partial charge in [0.25, 0.3) is 5.91 Å². The van der Waals surface area contributed by atoms with Gasteiger partial charge in [0.1, 0.15) is 12.0 Å². The molecule has 108 valence electrons. The smallest absolute Gasteiger partial charge is 0.267 e. The topological polar surface area (TPSA) is 89.2 Å². The van der Waals surface area contributed by atoms with Crippen molar-refractivity contribution in [2.24, 2.45) is 11.7 Å². The van der Waals surface area contributed by atoms with Crippen LogP contribution >= 0.6 is 0 Å². The van der Waals surface area contributed by atoms with E-state index in [0.717, 1.165) is 44.5 Å². The molecule has 2 heterocycles. The normalized spacial score (nSPS) is 19.4. The maximum Gasteiger partial charge on any atom is 0.267 e. The fourth-order valence-electron chi connectivity index (χ4n) is 2.62. The molecule has 1 unspecified atom stereocenters. The number of primary amides is 1. The van der Waals surface area contributed by atoms with E-state index in [1.165, 1.54) is 6.33 Å². The quantitative estimate of drug-likeness (QED) is 0.883. The Morgan fingerprint density at radius 3 is 2.85 bits per heavy atom. The number of rotatable bonds is 3. The summed E-state index contributed by atoms with van der Waals surface area (Å²) in [6, 6.07) is 1.66. The van der Waals surface area contributed by atoms with Gasteiger partial charge in [-0.3, -0.25) is 9.59 Å². The van der Waals surface area contributed by atoms with Gasteiger partial charge >= 0.3 is 0 Å². The van der Waals surface area contributed by atoms with E-state index >= 15 is 0 Å². The zero-order chi connectivity index (χ0) is 14.5. The molecule has 20 heavy (non-hydrogen) atoms. The first kappa shape index (κ1) is 14.4.